The van der Waals surface area contributed by atoms with E-state index in [1.807, 2.05) is 0 Å². The van der Waals surface area contributed by atoms with Gasteiger partial charge in [-0.15, -0.1) is 0 Å². The highest BCUT2D eigenvalue weighted by Gasteiger charge is 2.27. The van der Waals surface area contributed by atoms with Crippen molar-refractivity contribution < 1.29 is 28.6 Å². The molecule has 1 N–H and O–H groups in total. The van der Waals surface area contributed by atoms with Gasteiger partial charge >= 0.3 is 5.97 Å². The average Bonchev–Trinajstić information content (AvgIpc) is 3.17. The van der Waals surface area contributed by atoms with Crippen molar-refractivity contribution in [2.45, 2.75) is 33.8 Å². The number of aromatic nitrogens is 1. The molecule has 0 fully saturated rings. The molecular formula is C19H19NO6. The van der Waals surface area contributed by atoms with Gasteiger partial charge in [-0.3, -0.25) is 9.59 Å². The lowest BCUT2D eigenvalue weighted by Crippen LogP contribution is -2.25. The third-order valence-corrected chi connectivity index (χ3v) is 4.30. The molecule has 0 saturated heterocycles. The zero-order valence-corrected chi connectivity index (χ0v) is 15.0. The number of H-pyrrole nitrogens is 1. The summed E-state index contributed by atoms with van der Waals surface area (Å²) in [5, 5.41) is 0. The first-order chi connectivity index (χ1) is 12.3. The number of ether oxygens (including phenoxy) is 3. The van der Waals surface area contributed by atoms with Crippen LogP contribution in [-0.2, 0) is 4.74 Å². The summed E-state index contributed by atoms with van der Waals surface area (Å²) in [6.45, 7) is 6.47. The number of benzene rings is 1. The Morgan fingerprint density at radius 2 is 1.85 bits per heavy atom. The molecule has 0 aliphatic carbocycles. The predicted molar refractivity (Wildman–Crippen MR) is 92.0 cm³/mol. The van der Waals surface area contributed by atoms with Gasteiger partial charge in [-0.25, -0.2) is 4.79 Å². The van der Waals surface area contributed by atoms with Crippen LogP contribution in [0.3, 0.4) is 0 Å². The topological polar surface area (TPSA) is 94.7 Å². The second-order valence-corrected chi connectivity index (χ2v) is 6.16. The van der Waals surface area contributed by atoms with E-state index in [0.29, 0.717) is 28.3 Å². The number of carbonyl (C=O) groups is 3. The third kappa shape index (κ3) is 3.08. The molecule has 0 unspecified atom stereocenters. The van der Waals surface area contributed by atoms with Gasteiger partial charge in [-0.1, -0.05) is 0 Å². The fourth-order valence-corrected chi connectivity index (χ4v) is 3.03. The van der Waals surface area contributed by atoms with Gasteiger partial charge in [0.2, 0.25) is 12.6 Å². The SMILES string of the molecule is CC(=O)c1c(C)[nH]c(C(=O)[C@@H](C)OC(=O)c2ccc3c(c2)OCO3)c1C. The van der Waals surface area contributed by atoms with Crippen molar-refractivity contribution in [3.05, 3.63) is 46.3 Å². The molecule has 0 spiro atoms. The molecule has 7 nitrogen and oxygen atoms in total. The Labute approximate surface area is 150 Å². The fourth-order valence-electron chi connectivity index (χ4n) is 3.03. The molecule has 0 bridgehead atoms. The van der Waals surface area contributed by atoms with E-state index >= 15 is 0 Å². The first kappa shape index (κ1) is 17.7. The number of esters is 1. The Morgan fingerprint density at radius 1 is 1.15 bits per heavy atom. The van der Waals surface area contributed by atoms with Crippen LogP contribution in [0, 0.1) is 13.8 Å². The van der Waals surface area contributed by atoms with Gasteiger partial charge < -0.3 is 19.2 Å². The maximum atomic E-state index is 12.6. The molecule has 1 aromatic heterocycles. The molecule has 0 saturated carbocycles. The predicted octanol–water partition coefficient (Wildman–Crippen LogP) is 2.99. The number of hydrogen-bond donors (Lipinski definition) is 1. The second kappa shape index (κ2) is 6.67. The summed E-state index contributed by atoms with van der Waals surface area (Å²) in [5.74, 6) is -0.148. The van der Waals surface area contributed by atoms with Crippen LogP contribution in [0.2, 0.25) is 0 Å². The van der Waals surface area contributed by atoms with Crippen LogP contribution < -0.4 is 9.47 Å². The van der Waals surface area contributed by atoms with Gasteiger partial charge in [0.25, 0.3) is 0 Å². The Kier molecular flexibility index (Phi) is 4.54. The molecule has 1 aliphatic heterocycles. The van der Waals surface area contributed by atoms with Crippen molar-refractivity contribution in [2.24, 2.45) is 0 Å². The molecule has 1 aliphatic rings. The standard InChI is InChI=1S/C19H19NO6/c1-9-16(11(3)21)10(2)20-17(9)18(22)12(4)26-19(23)13-5-6-14-15(7-13)25-8-24-14/h5-7,12,20H,8H2,1-4H3/t12-/m1/s1. The monoisotopic (exact) mass is 357 g/mol. The molecule has 3 rings (SSSR count). The van der Waals surface area contributed by atoms with E-state index in [2.05, 4.69) is 4.98 Å². The van der Waals surface area contributed by atoms with Crippen LogP contribution >= 0.6 is 0 Å². The van der Waals surface area contributed by atoms with Crippen LogP contribution in [0.15, 0.2) is 18.2 Å². The maximum Gasteiger partial charge on any atom is 0.338 e. The number of carbonyl (C=O) groups excluding carboxylic acids is 3. The molecular weight excluding hydrogens is 338 g/mol. The number of fused-ring (bicyclic) bond motifs is 1. The van der Waals surface area contributed by atoms with Gasteiger partial charge in [-0.05, 0) is 51.5 Å². The Balaban J connectivity index is 1.76. The van der Waals surface area contributed by atoms with E-state index in [0.717, 1.165) is 0 Å². The Bertz CT molecular complexity index is 911. The van der Waals surface area contributed by atoms with E-state index in [4.69, 9.17) is 14.2 Å². The summed E-state index contributed by atoms with van der Waals surface area (Å²) >= 11 is 0. The highest BCUT2D eigenvalue weighted by molar-refractivity contribution is 6.05. The van der Waals surface area contributed by atoms with Crippen LogP contribution in [0.25, 0.3) is 0 Å². The van der Waals surface area contributed by atoms with Crippen molar-refractivity contribution in [2.75, 3.05) is 6.79 Å². The van der Waals surface area contributed by atoms with E-state index in [1.165, 1.54) is 19.9 Å². The normalized spacial score (nSPS) is 13.4. The summed E-state index contributed by atoms with van der Waals surface area (Å²) in [7, 11) is 0. The minimum Gasteiger partial charge on any atom is -0.454 e. The van der Waals surface area contributed by atoms with E-state index < -0.39 is 17.9 Å². The lowest BCUT2D eigenvalue weighted by molar-refractivity contribution is 0.0316. The van der Waals surface area contributed by atoms with Crippen molar-refractivity contribution in [1.82, 2.24) is 4.98 Å². The third-order valence-electron chi connectivity index (χ3n) is 4.30. The van der Waals surface area contributed by atoms with Crippen LogP contribution in [0.1, 0.15) is 56.3 Å². The zero-order valence-electron chi connectivity index (χ0n) is 15.0. The summed E-state index contributed by atoms with van der Waals surface area (Å²) in [4.78, 5) is 39.6. The molecule has 0 radical (unpaired) electrons. The van der Waals surface area contributed by atoms with Crippen LogP contribution in [-0.4, -0.2) is 35.4 Å². The summed E-state index contributed by atoms with van der Waals surface area (Å²) in [6.07, 6.45) is -1.01. The maximum absolute atomic E-state index is 12.6. The minimum atomic E-state index is -1.01. The molecule has 0 amide bonds. The zero-order chi connectivity index (χ0) is 19.0. The van der Waals surface area contributed by atoms with Gasteiger partial charge in [0.05, 0.1) is 11.3 Å². The van der Waals surface area contributed by atoms with Gasteiger partial charge in [0.1, 0.15) is 0 Å². The van der Waals surface area contributed by atoms with E-state index in [9.17, 15) is 14.4 Å². The van der Waals surface area contributed by atoms with Gasteiger partial charge in [0.15, 0.2) is 23.4 Å². The number of rotatable bonds is 5. The number of aryl methyl sites for hydroxylation is 1. The highest BCUT2D eigenvalue weighted by atomic mass is 16.7. The molecule has 2 aromatic rings. The highest BCUT2D eigenvalue weighted by Crippen LogP contribution is 2.32. The summed E-state index contributed by atoms with van der Waals surface area (Å²) < 4.78 is 15.7. The quantitative estimate of drug-likeness (QED) is 0.653. The van der Waals surface area contributed by atoms with Crippen LogP contribution in [0.4, 0.5) is 0 Å². The van der Waals surface area contributed by atoms with Crippen molar-refractivity contribution >= 4 is 17.5 Å². The average molecular weight is 357 g/mol. The molecule has 26 heavy (non-hydrogen) atoms. The lowest BCUT2D eigenvalue weighted by Gasteiger charge is -2.12. The number of aromatic amines is 1. The van der Waals surface area contributed by atoms with Crippen molar-refractivity contribution in [3.63, 3.8) is 0 Å². The smallest absolute Gasteiger partial charge is 0.338 e. The molecule has 136 valence electrons. The lowest BCUT2D eigenvalue weighted by atomic mass is 10.0. The fraction of sp³-hybridized carbons (Fsp3) is 0.316. The Morgan fingerprint density at radius 3 is 2.50 bits per heavy atom. The number of hydrogen-bond acceptors (Lipinski definition) is 6. The molecule has 7 heteroatoms. The van der Waals surface area contributed by atoms with E-state index in [1.54, 1.807) is 26.0 Å². The number of ketones is 2. The number of Topliss-reactive ketones (excluding diaryl/α,β-unsaturated/α-hetero) is 2. The van der Waals surface area contributed by atoms with E-state index in [-0.39, 0.29) is 23.8 Å². The number of nitrogens with one attached hydrogen (secondary N) is 1. The molecule has 1 aromatic carbocycles. The van der Waals surface area contributed by atoms with Crippen molar-refractivity contribution in [3.8, 4) is 11.5 Å². The van der Waals surface area contributed by atoms with Gasteiger partial charge in [-0.2, -0.15) is 0 Å². The molecule has 1 atom stereocenters. The first-order valence-electron chi connectivity index (χ1n) is 8.14. The largest absolute Gasteiger partial charge is 0.454 e. The minimum absolute atomic E-state index is 0.104. The van der Waals surface area contributed by atoms with Crippen LogP contribution in [0.5, 0.6) is 11.5 Å². The first-order valence-corrected chi connectivity index (χ1v) is 8.14. The second-order valence-electron chi connectivity index (χ2n) is 6.16. The van der Waals surface area contributed by atoms with Crippen molar-refractivity contribution in [1.29, 1.82) is 0 Å². The summed E-state index contributed by atoms with van der Waals surface area (Å²) in [5.41, 5.74) is 2.21. The summed E-state index contributed by atoms with van der Waals surface area (Å²) in [6, 6.07) is 4.67. The van der Waals surface area contributed by atoms with Gasteiger partial charge in [0, 0.05) is 11.3 Å². The Hall–Kier alpha value is -3.09. The molecule has 2 heterocycles.